The van der Waals surface area contributed by atoms with Gasteiger partial charge in [-0.05, 0) is 31.2 Å². The highest BCUT2D eigenvalue weighted by Gasteiger charge is 2.19. The summed E-state index contributed by atoms with van der Waals surface area (Å²) in [6.07, 6.45) is 1.38. The number of pyridine rings is 1. The number of nitrogens with zero attached hydrogens (tertiary/aromatic N) is 1. The van der Waals surface area contributed by atoms with E-state index in [9.17, 15) is 13.6 Å². The molecule has 0 spiro atoms. The number of benzene rings is 1. The molecule has 104 valence electrons. The lowest BCUT2D eigenvalue weighted by Gasteiger charge is -2.15. The van der Waals surface area contributed by atoms with Crippen molar-refractivity contribution < 1.29 is 13.6 Å². The van der Waals surface area contributed by atoms with Crippen molar-refractivity contribution in [1.29, 1.82) is 0 Å². The van der Waals surface area contributed by atoms with Crippen LogP contribution >= 0.6 is 11.6 Å². The maximum absolute atomic E-state index is 13.6. The van der Waals surface area contributed by atoms with Gasteiger partial charge in [0.05, 0.1) is 6.04 Å². The highest BCUT2D eigenvalue weighted by molar-refractivity contribution is 6.30. The zero-order chi connectivity index (χ0) is 14.7. The molecule has 1 heterocycles. The zero-order valence-electron chi connectivity index (χ0n) is 10.5. The van der Waals surface area contributed by atoms with Gasteiger partial charge in [0, 0.05) is 16.8 Å². The minimum Gasteiger partial charge on any atom is -0.344 e. The third-order valence-electron chi connectivity index (χ3n) is 2.73. The standard InChI is InChI=1S/C14H11ClF2N2O/c1-8(13-10(16)3-2-4-11(13)17)19-14(20)12-7-9(15)5-6-18-12/h2-8H,1H3,(H,19,20). The van der Waals surface area contributed by atoms with E-state index in [2.05, 4.69) is 10.3 Å². The minimum atomic E-state index is -0.829. The number of nitrogens with one attached hydrogen (secondary N) is 1. The lowest BCUT2D eigenvalue weighted by atomic mass is 10.1. The van der Waals surface area contributed by atoms with E-state index < -0.39 is 23.6 Å². The van der Waals surface area contributed by atoms with Gasteiger partial charge in [0.15, 0.2) is 0 Å². The Hall–Kier alpha value is -2.01. The molecule has 0 aliphatic rings. The molecule has 0 aliphatic carbocycles. The Morgan fingerprint density at radius 2 is 1.95 bits per heavy atom. The van der Waals surface area contributed by atoms with Gasteiger partial charge in [0.25, 0.3) is 5.91 Å². The minimum absolute atomic E-state index is 0.0843. The van der Waals surface area contributed by atoms with Crippen molar-refractivity contribution in [2.75, 3.05) is 0 Å². The fourth-order valence-electron chi connectivity index (χ4n) is 1.80. The predicted octanol–water partition coefficient (Wildman–Crippen LogP) is 3.50. The van der Waals surface area contributed by atoms with Crippen LogP contribution in [-0.2, 0) is 0 Å². The fraction of sp³-hybridized carbons (Fsp3) is 0.143. The predicted molar refractivity (Wildman–Crippen MR) is 71.5 cm³/mol. The molecule has 3 nitrogen and oxygen atoms in total. The summed E-state index contributed by atoms with van der Waals surface area (Å²) in [5, 5.41) is 2.84. The van der Waals surface area contributed by atoms with Crippen molar-refractivity contribution in [2.45, 2.75) is 13.0 Å². The van der Waals surface area contributed by atoms with Gasteiger partial charge in [-0.15, -0.1) is 0 Å². The molecule has 1 aromatic carbocycles. The molecule has 1 N–H and O–H groups in total. The molecule has 0 saturated heterocycles. The molecule has 0 aliphatic heterocycles. The smallest absolute Gasteiger partial charge is 0.270 e. The molecular formula is C14H11ClF2N2O. The largest absolute Gasteiger partial charge is 0.344 e. The Labute approximate surface area is 119 Å². The van der Waals surface area contributed by atoms with Crippen LogP contribution in [0.3, 0.4) is 0 Å². The number of carbonyl (C=O) groups excluding carboxylic acids is 1. The topological polar surface area (TPSA) is 42.0 Å². The van der Waals surface area contributed by atoms with Crippen molar-refractivity contribution in [3.63, 3.8) is 0 Å². The summed E-state index contributed by atoms with van der Waals surface area (Å²) in [6, 6.07) is 5.61. The summed E-state index contributed by atoms with van der Waals surface area (Å²) in [4.78, 5) is 15.8. The van der Waals surface area contributed by atoms with Crippen molar-refractivity contribution in [3.05, 3.63) is 64.4 Å². The molecule has 2 rings (SSSR count). The van der Waals surface area contributed by atoms with Crippen molar-refractivity contribution in [3.8, 4) is 0 Å². The summed E-state index contributed by atoms with van der Waals surface area (Å²) in [7, 11) is 0. The Balaban J connectivity index is 2.20. The van der Waals surface area contributed by atoms with Crippen LogP contribution in [0, 0.1) is 11.6 Å². The number of halogens is 3. The van der Waals surface area contributed by atoms with Crippen LogP contribution in [-0.4, -0.2) is 10.9 Å². The van der Waals surface area contributed by atoms with Gasteiger partial charge < -0.3 is 5.32 Å². The Kier molecular flexibility index (Phi) is 4.29. The number of hydrogen-bond acceptors (Lipinski definition) is 2. The third-order valence-corrected chi connectivity index (χ3v) is 2.97. The van der Waals surface area contributed by atoms with Crippen LogP contribution in [0.2, 0.25) is 5.02 Å². The number of aromatic nitrogens is 1. The summed E-state index contributed by atoms with van der Waals surface area (Å²) in [5.74, 6) is -1.98. The van der Waals surface area contributed by atoms with Gasteiger partial charge in [-0.2, -0.15) is 0 Å². The molecule has 6 heteroatoms. The molecule has 0 fully saturated rings. The van der Waals surface area contributed by atoms with Crippen molar-refractivity contribution in [2.24, 2.45) is 0 Å². The van der Waals surface area contributed by atoms with Gasteiger partial charge in [-0.1, -0.05) is 17.7 Å². The van der Waals surface area contributed by atoms with Crippen LogP contribution in [0.5, 0.6) is 0 Å². The first kappa shape index (κ1) is 14.4. The molecule has 1 unspecified atom stereocenters. The Bertz CT molecular complexity index is 629. The average Bonchev–Trinajstić information content (AvgIpc) is 2.38. The van der Waals surface area contributed by atoms with Crippen LogP contribution in [0.1, 0.15) is 29.0 Å². The first-order chi connectivity index (χ1) is 9.49. The second-order valence-corrected chi connectivity index (χ2v) is 4.63. The van der Waals surface area contributed by atoms with Crippen LogP contribution < -0.4 is 5.32 Å². The Morgan fingerprint density at radius 1 is 1.30 bits per heavy atom. The second kappa shape index (κ2) is 5.96. The second-order valence-electron chi connectivity index (χ2n) is 4.19. The molecule has 0 saturated carbocycles. The maximum Gasteiger partial charge on any atom is 0.270 e. The van der Waals surface area contributed by atoms with Gasteiger partial charge >= 0.3 is 0 Å². The summed E-state index contributed by atoms with van der Waals surface area (Å²) in [6.45, 7) is 1.49. The van der Waals surface area contributed by atoms with Gasteiger partial charge in [0.2, 0.25) is 0 Å². The molecule has 0 bridgehead atoms. The van der Waals surface area contributed by atoms with Gasteiger partial charge in [0.1, 0.15) is 17.3 Å². The average molecular weight is 297 g/mol. The normalized spacial score (nSPS) is 12.0. The van der Waals surface area contributed by atoms with E-state index in [4.69, 9.17) is 11.6 Å². The molecule has 1 amide bonds. The molecular weight excluding hydrogens is 286 g/mol. The molecule has 0 radical (unpaired) electrons. The highest BCUT2D eigenvalue weighted by atomic mass is 35.5. The molecule has 1 atom stereocenters. The summed E-state index contributed by atoms with van der Waals surface area (Å²) in [5.41, 5.74) is -0.107. The zero-order valence-corrected chi connectivity index (χ0v) is 11.3. The van der Waals surface area contributed by atoms with Crippen LogP contribution in [0.4, 0.5) is 8.78 Å². The van der Waals surface area contributed by atoms with E-state index in [0.29, 0.717) is 5.02 Å². The summed E-state index contributed by atoms with van der Waals surface area (Å²) < 4.78 is 27.2. The Morgan fingerprint density at radius 3 is 2.55 bits per heavy atom. The number of rotatable bonds is 3. The molecule has 20 heavy (non-hydrogen) atoms. The van der Waals surface area contributed by atoms with E-state index in [1.165, 1.54) is 31.3 Å². The monoisotopic (exact) mass is 296 g/mol. The van der Waals surface area contributed by atoms with E-state index in [1.54, 1.807) is 0 Å². The lowest BCUT2D eigenvalue weighted by Crippen LogP contribution is -2.28. The third kappa shape index (κ3) is 3.11. The first-order valence-electron chi connectivity index (χ1n) is 5.85. The van der Waals surface area contributed by atoms with Gasteiger partial charge in [-0.25, -0.2) is 8.78 Å². The number of hydrogen-bond donors (Lipinski definition) is 1. The lowest BCUT2D eigenvalue weighted by molar-refractivity contribution is 0.0934. The molecule has 2 aromatic rings. The van der Waals surface area contributed by atoms with E-state index in [-0.39, 0.29) is 11.3 Å². The molecule has 1 aromatic heterocycles. The van der Waals surface area contributed by atoms with Crippen molar-refractivity contribution >= 4 is 17.5 Å². The van der Waals surface area contributed by atoms with Crippen molar-refractivity contribution in [1.82, 2.24) is 10.3 Å². The summed E-state index contributed by atoms with van der Waals surface area (Å²) >= 11 is 5.75. The maximum atomic E-state index is 13.6. The van der Waals surface area contributed by atoms with Crippen LogP contribution in [0.15, 0.2) is 36.5 Å². The van der Waals surface area contributed by atoms with Gasteiger partial charge in [-0.3, -0.25) is 9.78 Å². The van der Waals surface area contributed by atoms with E-state index >= 15 is 0 Å². The van der Waals surface area contributed by atoms with Crippen LogP contribution in [0.25, 0.3) is 0 Å². The fourth-order valence-corrected chi connectivity index (χ4v) is 1.96. The SMILES string of the molecule is CC(NC(=O)c1cc(Cl)ccn1)c1c(F)cccc1F. The van der Waals surface area contributed by atoms with E-state index in [0.717, 1.165) is 12.1 Å². The number of carbonyl (C=O) groups is 1. The quantitative estimate of drug-likeness (QED) is 0.942. The van der Waals surface area contributed by atoms with E-state index in [1.807, 2.05) is 0 Å². The number of amides is 1. The highest BCUT2D eigenvalue weighted by Crippen LogP contribution is 2.20. The first-order valence-corrected chi connectivity index (χ1v) is 6.23.